The van der Waals surface area contributed by atoms with Gasteiger partial charge in [0, 0.05) is 10.7 Å². The van der Waals surface area contributed by atoms with E-state index in [0.717, 1.165) is 16.8 Å². The van der Waals surface area contributed by atoms with Crippen molar-refractivity contribution in [1.82, 2.24) is 0 Å². The van der Waals surface area contributed by atoms with Crippen LogP contribution in [0.25, 0.3) is 0 Å². The molecule has 2 rings (SSSR count). The lowest BCUT2D eigenvalue weighted by Gasteiger charge is -2.10. The van der Waals surface area contributed by atoms with Crippen LogP contribution in [0.15, 0.2) is 42.5 Å². The average Bonchev–Trinajstić information content (AvgIpc) is 2.38. The molecule has 0 spiro atoms. The molecule has 1 amide bonds. The second kappa shape index (κ2) is 5.89. The van der Waals surface area contributed by atoms with E-state index in [2.05, 4.69) is 5.32 Å². The first-order valence-electron chi connectivity index (χ1n) is 6.17. The Morgan fingerprint density at radius 1 is 1.11 bits per heavy atom. The lowest BCUT2D eigenvalue weighted by atomic mass is 10.1. The van der Waals surface area contributed by atoms with Crippen LogP contribution in [0, 0.1) is 13.8 Å². The number of hydrogen-bond donors (Lipinski definition) is 1. The van der Waals surface area contributed by atoms with E-state index < -0.39 is 0 Å². The first-order chi connectivity index (χ1) is 9.06. The number of nitrogens with one attached hydrogen (secondary N) is 1. The van der Waals surface area contributed by atoms with Crippen LogP contribution < -0.4 is 5.32 Å². The highest BCUT2D eigenvalue weighted by molar-refractivity contribution is 6.30. The number of hydrogen-bond acceptors (Lipinski definition) is 1. The van der Waals surface area contributed by atoms with E-state index in [1.165, 1.54) is 5.56 Å². The Hall–Kier alpha value is -1.80. The zero-order valence-electron chi connectivity index (χ0n) is 11.0. The van der Waals surface area contributed by atoms with Gasteiger partial charge in [-0.1, -0.05) is 35.9 Å². The highest BCUT2D eigenvalue weighted by Crippen LogP contribution is 2.18. The van der Waals surface area contributed by atoms with Crippen molar-refractivity contribution in [2.24, 2.45) is 0 Å². The summed E-state index contributed by atoms with van der Waals surface area (Å²) in [5.74, 6) is -0.0176. The van der Waals surface area contributed by atoms with Crippen LogP contribution in [0.2, 0.25) is 5.02 Å². The van der Waals surface area contributed by atoms with Gasteiger partial charge in [0.1, 0.15) is 0 Å². The van der Waals surface area contributed by atoms with E-state index in [1.807, 2.05) is 44.2 Å². The van der Waals surface area contributed by atoms with Gasteiger partial charge in [0.25, 0.3) is 0 Å². The zero-order chi connectivity index (χ0) is 13.8. The molecule has 98 valence electrons. The molecule has 0 unspecified atom stereocenters. The van der Waals surface area contributed by atoms with Gasteiger partial charge in [-0.2, -0.15) is 0 Å². The van der Waals surface area contributed by atoms with Crippen LogP contribution in [-0.2, 0) is 11.2 Å². The molecule has 2 aromatic carbocycles. The summed E-state index contributed by atoms with van der Waals surface area (Å²) < 4.78 is 0. The number of halogens is 1. The van der Waals surface area contributed by atoms with Crippen LogP contribution in [0.4, 0.5) is 5.69 Å². The Morgan fingerprint density at radius 3 is 2.47 bits per heavy atom. The van der Waals surface area contributed by atoms with Crippen molar-refractivity contribution in [2.45, 2.75) is 20.3 Å². The second-order valence-electron chi connectivity index (χ2n) is 4.60. The van der Waals surface area contributed by atoms with Gasteiger partial charge in [-0.15, -0.1) is 0 Å². The van der Waals surface area contributed by atoms with E-state index in [0.29, 0.717) is 11.4 Å². The predicted molar refractivity (Wildman–Crippen MR) is 79.7 cm³/mol. The summed E-state index contributed by atoms with van der Waals surface area (Å²) in [5, 5.41) is 3.62. The lowest BCUT2D eigenvalue weighted by molar-refractivity contribution is -0.115. The molecule has 0 heterocycles. The first-order valence-corrected chi connectivity index (χ1v) is 6.54. The van der Waals surface area contributed by atoms with Gasteiger partial charge in [0.15, 0.2) is 0 Å². The van der Waals surface area contributed by atoms with Gasteiger partial charge in [0.2, 0.25) is 5.91 Å². The molecular weight excluding hydrogens is 258 g/mol. The molecule has 0 saturated carbocycles. The minimum atomic E-state index is -0.0176. The summed E-state index contributed by atoms with van der Waals surface area (Å²) >= 11 is 5.82. The minimum absolute atomic E-state index is 0.0176. The quantitative estimate of drug-likeness (QED) is 0.895. The summed E-state index contributed by atoms with van der Waals surface area (Å²) in [5.41, 5.74) is 4.10. The highest BCUT2D eigenvalue weighted by atomic mass is 35.5. The molecule has 19 heavy (non-hydrogen) atoms. The topological polar surface area (TPSA) is 29.1 Å². The van der Waals surface area contributed by atoms with Crippen molar-refractivity contribution in [2.75, 3.05) is 5.32 Å². The predicted octanol–water partition coefficient (Wildman–Crippen LogP) is 4.14. The third kappa shape index (κ3) is 3.58. The molecule has 2 aromatic rings. The second-order valence-corrected chi connectivity index (χ2v) is 5.04. The smallest absolute Gasteiger partial charge is 0.228 e. The van der Waals surface area contributed by atoms with E-state index in [4.69, 9.17) is 11.6 Å². The summed E-state index contributed by atoms with van der Waals surface area (Å²) in [6.45, 7) is 4.04. The standard InChI is InChI=1S/C16H16ClNO/c1-11-4-3-5-15(12(11)2)18-16(19)10-13-6-8-14(17)9-7-13/h3-9H,10H2,1-2H3,(H,18,19). The molecule has 0 aromatic heterocycles. The van der Waals surface area contributed by atoms with Gasteiger partial charge < -0.3 is 5.32 Å². The summed E-state index contributed by atoms with van der Waals surface area (Å²) in [7, 11) is 0. The van der Waals surface area contributed by atoms with E-state index >= 15 is 0 Å². The molecule has 0 aliphatic carbocycles. The van der Waals surface area contributed by atoms with Gasteiger partial charge in [0.05, 0.1) is 6.42 Å². The van der Waals surface area contributed by atoms with E-state index in [1.54, 1.807) is 12.1 Å². The number of aryl methyl sites for hydroxylation is 1. The molecule has 0 bridgehead atoms. The molecular formula is C16H16ClNO. The number of carbonyl (C=O) groups excluding carboxylic acids is 1. The van der Waals surface area contributed by atoms with Gasteiger partial charge in [-0.25, -0.2) is 0 Å². The Morgan fingerprint density at radius 2 is 1.79 bits per heavy atom. The third-order valence-electron chi connectivity index (χ3n) is 3.16. The van der Waals surface area contributed by atoms with Crippen molar-refractivity contribution in [3.63, 3.8) is 0 Å². The van der Waals surface area contributed by atoms with Crippen molar-refractivity contribution >= 4 is 23.2 Å². The molecule has 0 fully saturated rings. The van der Waals surface area contributed by atoms with E-state index in [-0.39, 0.29) is 5.91 Å². The number of anilines is 1. The van der Waals surface area contributed by atoms with Crippen LogP contribution in [0.5, 0.6) is 0 Å². The summed E-state index contributed by atoms with van der Waals surface area (Å²) in [6.07, 6.45) is 0.352. The molecule has 0 atom stereocenters. The molecule has 0 radical (unpaired) electrons. The fourth-order valence-corrected chi connectivity index (χ4v) is 1.99. The van der Waals surface area contributed by atoms with Crippen molar-refractivity contribution in [1.29, 1.82) is 0 Å². The maximum atomic E-state index is 12.0. The Labute approximate surface area is 118 Å². The summed E-state index contributed by atoms with van der Waals surface area (Å²) in [6, 6.07) is 13.2. The fourth-order valence-electron chi connectivity index (χ4n) is 1.87. The third-order valence-corrected chi connectivity index (χ3v) is 3.41. The Kier molecular flexibility index (Phi) is 4.23. The fraction of sp³-hybridized carbons (Fsp3) is 0.188. The number of amides is 1. The average molecular weight is 274 g/mol. The normalized spacial score (nSPS) is 10.3. The van der Waals surface area contributed by atoms with Gasteiger partial charge in [-0.05, 0) is 48.7 Å². The maximum absolute atomic E-state index is 12.0. The van der Waals surface area contributed by atoms with Crippen molar-refractivity contribution in [3.05, 3.63) is 64.2 Å². The maximum Gasteiger partial charge on any atom is 0.228 e. The molecule has 0 aliphatic rings. The first kappa shape index (κ1) is 13.6. The number of rotatable bonds is 3. The van der Waals surface area contributed by atoms with Crippen LogP contribution in [0.3, 0.4) is 0 Å². The zero-order valence-corrected chi connectivity index (χ0v) is 11.8. The molecule has 2 nitrogen and oxygen atoms in total. The van der Waals surface area contributed by atoms with Crippen LogP contribution >= 0.6 is 11.6 Å². The van der Waals surface area contributed by atoms with Crippen LogP contribution in [-0.4, -0.2) is 5.91 Å². The SMILES string of the molecule is Cc1cccc(NC(=O)Cc2ccc(Cl)cc2)c1C. The summed E-state index contributed by atoms with van der Waals surface area (Å²) in [4.78, 5) is 12.0. The van der Waals surface area contributed by atoms with Crippen molar-refractivity contribution in [3.8, 4) is 0 Å². The number of carbonyl (C=O) groups is 1. The van der Waals surface area contributed by atoms with Crippen molar-refractivity contribution < 1.29 is 4.79 Å². The molecule has 0 saturated heterocycles. The van der Waals surface area contributed by atoms with Gasteiger partial charge in [-0.3, -0.25) is 4.79 Å². The van der Waals surface area contributed by atoms with Gasteiger partial charge >= 0.3 is 0 Å². The highest BCUT2D eigenvalue weighted by Gasteiger charge is 2.06. The lowest BCUT2D eigenvalue weighted by Crippen LogP contribution is -2.15. The van der Waals surface area contributed by atoms with E-state index in [9.17, 15) is 4.79 Å². The number of benzene rings is 2. The monoisotopic (exact) mass is 273 g/mol. The molecule has 0 aliphatic heterocycles. The minimum Gasteiger partial charge on any atom is -0.326 e. The Bertz CT molecular complexity index is 590. The largest absolute Gasteiger partial charge is 0.326 e. The molecule has 1 N–H and O–H groups in total. The molecule has 3 heteroatoms. The van der Waals surface area contributed by atoms with Crippen LogP contribution in [0.1, 0.15) is 16.7 Å². The Balaban J connectivity index is 2.05.